The number of para-hydroxylation sites is 1. The minimum absolute atomic E-state index is 0.386. The van der Waals surface area contributed by atoms with Crippen LogP contribution >= 0.6 is 0 Å². The van der Waals surface area contributed by atoms with Crippen LogP contribution in [0.1, 0.15) is 37.5 Å². The van der Waals surface area contributed by atoms with Gasteiger partial charge in [0.25, 0.3) is 0 Å². The van der Waals surface area contributed by atoms with Crippen molar-refractivity contribution in [2.75, 3.05) is 0 Å². The Bertz CT molecular complexity index is 1890. The molecule has 6 rings (SSSR count). The summed E-state index contributed by atoms with van der Waals surface area (Å²) in [4.78, 5) is 13.5. The van der Waals surface area contributed by atoms with Crippen LogP contribution in [0.15, 0.2) is 115 Å². The first-order valence-corrected chi connectivity index (χ1v) is 13.9. The van der Waals surface area contributed by atoms with Crippen LogP contribution < -0.4 is 4.74 Å². The molecule has 0 aliphatic heterocycles. The van der Waals surface area contributed by atoms with Gasteiger partial charge in [-0.05, 0) is 80.0 Å². The summed E-state index contributed by atoms with van der Waals surface area (Å²) in [6.45, 7) is 7.76. The smallest absolute Gasteiger partial charge is 0.419 e. The number of aromatic nitrogens is 1. The Kier molecular flexibility index (Phi) is 6.84. The first-order valence-electron chi connectivity index (χ1n) is 13.9. The molecule has 0 radical (unpaired) electrons. The van der Waals surface area contributed by atoms with Gasteiger partial charge in [0.2, 0.25) is 0 Å². The number of carbonyl (C=O) groups is 1. The molecule has 0 unspecified atom stereocenters. The van der Waals surface area contributed by atoms with Crippen LogP contribution in [0.25, 0.3) is 32.8 Å². The standard InChI is InChI=1S/C37H33NO3/c1-25-12-5-7-17-30(25)33-20-11-19-32-28(24-38(35(32)33)36(39)41-37(2,3)4)22-26-13-9-16-29(23-26)40-34-21-10-15-27-14-6-8-18-31(27)34/h5-21,23-24H,22H2,1-4H3. The van der Waals surface area contributed by atoms with Crippen LogP contribution in [0.4, 0.5) is 4.79 Å². The molecule has 0 spiro atoms. The molecule has 41 heavy (non-hydrogen) atoms. The van der Waals surface area contributed by atoms with Crippen LogP contribution in [-0.4, -0.2) is 16.3 Å². The maximum absolute atomic E-state index is 13.5. The quantitative estimate of drug-likeness (QED) is 0.219. The van der Waals surface area contributed by atoms with E-state index in [0.717, 1.165) is 61.0 Å². The van der Waals surface area contributed by atoms with Crippen LogP contribution in [-0.2, 0) is 11.2 Å². The lowest BCUT2D eigenvalue weighted by molar-refractivity contribution is 0.0544. The van der Waals surface area contributed by atoms with Crippen molar-refractivity contribution in [3.8, 4) is 22.6 Å². The molecule has 5 aromatic carbocycles. The van der Waals surface area contributed by atoms with Gasteiger partial charge in [-0.1, -0.05) is 91.0 Å². The lowest BCUT2D eigenvalue weighted by Gasteiger charge is -2.20. The van der Waals surface area contributed by atoms with Gasteiger partial charge < -0.3 is 9.47 Å². The second kappa shape index (κ2) is 10.6. The molecule has 0 N–H and O–H groups in total. The molecular weight excluding hydrogens is 506 g/mol. The Morgan fingerprint density at radius 1 is 0.756 bits per heavy atom. The summed E-state index contributed by atoms with van der Waals surface area (Å²) in [7, 11) is 0. The molecule has 0 amide bonds. The molecule has 204 valence electrons. The number of carbonyl (C=O) groups excluding carboxylic acids is 1. The van der Waals surface area contributed by atoms with Crippen LogP contribution in [0.5, 0.6) is 11.5 Å². The number of aryl methyl sites for hydroxylation is 1. The fraction of sp³-hybridized carbons (Fsp3) is 0.162. The summed E-state index contributed by atoms with van der Waals surface area (Å²) >= 11 is 0. The van der Waals surface area contributed by atoms with Crippen LogP contribution in [0, 0.1) is 6.92 Å². The van der Waals surface area contributed by atoms with E-state index < -0.39 is 5.60 Å². The van der Waals surface area contributed by atoms with Crippen LogP contribution in [0.2, 0.25) is 0 Å². The van der Waals surface area contributed by atoms with Gasteiger partial charge in [0.15, 0.2) is 0 Å². The topological polar surface area (TPSA) is 40.5 Å². The van der Waals surface area contributed by atoms with E-state index in [0.29, 0.717) is 6.42 Å². The van der Waals surface area contributed by atoms with Gasteiger partial charge in [0, 0.05) is 22.5 Å². The lowest BCUT2D eigenvalue weighted by atomic mass is 9.97. The van der Waals surface area contributed by atoms with E-state index in [-0.39, 0.29) is 6.09 Å². The molecule has 0 aliphatic rings. The van der Waals surface area contributed by atoms with Crippen molar-refractivity contribution in [3.05, 3.63) is 132 Å². The Labute approximate surface area is 240 Å². The van der Waals surface area contributed by atoms with E-state index in [1.54, 1.807) is 4.57 Å². The average Bonchev–Trinajstić information content (AvgIpc) is 3.32. The molecule has 0 saturated carbocycles. The zero-order valence-corrected chi connectivity index (χ0v) is 23.8. The molecule has 0 fully saturated rings. The monoisotopic (exact) mass is 539 g/mol. The van der Waals surface area contributed by atoms with Gasteiger partial charge >= 0.3 is 6.09 Å². The van der Waals surface area contributed by atoms with Gasteiger partial charge in [-0.2, -0.15) is 0 Å². The van der Waals surface area contributed by atoms with Crippen molar-refractivity contribution in [2.45, 2.75) is 39.7 Å². The normalized spacial score (nSPS) is 11.6. The maximum Gasteiger partial charge on any atom is 0.419 e. The predicted molar refractivity (Wildman–Crippen MR) is 167 cm³/mol. The number of rotatable bonds is 5. The average molecular weight is 540 g/mol. The third-order valence-electron chi connectivity index (χ3n) is 7.20. The van der Waals surface area contributed by atoms with Crippen molar-refractivity contribution < 1.29 is 14.3 Å². The Hall–Kier alpha value is -4.83. The first-order chi connectivity index (χ1) is 19.8. The molecule has 0 bridgehead atoms. The number of fused-ring (bicyclic) bond motifs is 2. The highest BCUT2D eigenvalue weighted by Crippen LogP contribution is 2.36. The molecule has 0 saturated heterocycles. The Morgan fingerprint density at radius 3 is 2.27 bits per heavy atom. The van der Waals surface area contributed by atoms with Crippen molar-refractivity contribution in [3.63, 3.8) is 0 Å². The van der Waals surface area contributed by atoms with E-state index in [2.05, 4.69) is 67.6 Å². The highest BCUT2D eigenvalue weighted by Gasteiger charge is 2.23. The van der Waals surface area contributed by atoms with Crippen molar-refractivity contribution in [2.24, 2.45) is 0 Å². The minimum atomic E-state index is -0.612. The van der Waals surface area contributed by atoms with Crippen molar-refractivity contribution in [1.29, 1.82) is 0 Å². The molecule has 4 nitrogen and oxygen atoms in total. The molecule has 0 atom stereocenters. The summed E-state index contributed by atoms with van der Waals surface area (Å²) in [5, 5.41) is 3.24. The molecule has 4 heteroatoms. The van der Waals surface area contributed by atoms with E-state index in [9.17, 15) is 4.79 Å². The summed E-state index contributed by atoms with van der Waals surface area (Å²) in [5.74, 6) is 1.60. The van der Waals surface area contributed by atoms with Gasteiger partial charge in [0.1, 0.15) is 17.1 Å². The fourth-order valence-electron chi connectivity index (χ4n) is 5.39. The number of hydrogen-bond acceptors (Lipinski definition) is 3. The number of hydrogen-bond donors (Lipinski definition) is 0. The Morgan fingerprint density at radius 2 is 1.44 bits per heavy atom. The lowest BCUT2D eigenvalue weighted by Crippen LogP contribution is -2.26. The van der Waals surface area contributed by atoms with Gasteiger partial charge in [-0.25, -0.2) is 4.79 Å². The summed E-state index contributed by atoms with van der Waals surface area (Å²) in [6.07, 6.45) is 2.18. The zero-order chi connectivity index (χ0) is 28.6. The molecule has 1 heterocycles. The first kappa shape index (κ1) is 26.4. The zero-order valence-electron chi connectivity index (χ0n) is 23.8. The third-order valence-corrected chi connectivity index (χ3v) is 7.20. The highest BCUT2D eigenvalue weighted by molar-refractivity contribution is 6.02. The number of benzene rings is 5. The third kappa shape index (κ3) is 5.46. The van der Waals surface area contributed by atoms with E-state index in [1.807, 2.05) is 75.5 Å². The summed E-state index contributed by atoms with van der Waals surface area (Å²) in [5.41, 5.74) is 5.63. The number of ether oxygens (including phenoxy) is 2. The Balaban J connectivity index is 1.41. The highest BCUT2D eigenvalue weighted by atomic mass is 16.6. The SMILES string of the molecule is Cc1ccccc1-c1cccc2c(Cc3cccc(Oc4cccc5ccccc45)c3)cn(C(=O)OC(C)(C)C)c12. The minimum Gasteiger partial charge on any atom is -0.457 e. The molecule has 1 aromatic heterocycles. The van der Waals surface area contributed by atoms with E-state index in [1.165, 1.54) is 0 Å². The van der Waals surface area contributed by atoms with Gasteiger partial charge in [-0.3, -0.25) is 4.57 Å². The second-order valence-electron chi connectivity index (χ2n) is 11.4. The molecule has 0 aliphatic carbocycles. The largest absolute Gasteiger partial charge is 0.457 e. The van der Waals surface area contributed by atoms with Crippen molar-refractivity contribution in [1.82, 2.24) is 4.57 Å². The number of nitrogens with zero attached hydrogens (tertiary/aromatic N) is 1. The van der Waals surface area contributed by atoms with Crippen LogP contribution in [0.3, 0.4) is 0 Å². The second-order valence-corrected chi connectivity index (χ2v) is 11.4. The molecule has 6 aromatic rings. The van der Waals surface area contributed by atoms with E-state index in [4.69, 9.17) is 9.47 Å². The predicted octanol–water partition coefficient (Wildman–Crippen LogP) is 9.94. The van der Waals surface area contributed by atoms with Crippen molar-refractivity contribution >= 4 is 27.8 Å². The summed E-state index contributed by atoms with van der Waals surface area (Å²) in [6, 6.07) is 37.0. The van der Waals surface area contributed by atoms with E-state index >= 15 is 0 Å². The summed E-state index contributed by atoms with van der Waals surface area (Å²) < 4.78 is 13.9. The fourth-order valence-corrected chi connectivity index (χ4v) is 5.39. The van der Waals surface area contributed by atoms with Gasteiger partial charge in [0.05, 0.1) is 5.52 Å². The maximum atomic E-state index is 13.5. The molecular formula is C37H33NO3. The van der Waals surface area contributed by atoms with Gasteiger partial charge in [-0.15, -0.1) is 0 Å².